The highest BCUT2D eigenvalue weighted by molar-refractivity contribution is 7.99. The van der Waals surface area contributed by atoms with Crippen LogP contribution in [0.1, 0.15) is 11.3 Å². The van der Waals surface area contributed by atoms with Gasteiger partial charge in [-0.1, -0.05) is 29.1 Å². The zero-order valence-electron chi connectivity index (χ0n) is 15.8. The fraction of sp³-hybridized carbons (Fsp3) is 0.0952. The highest BCUT2D eigenvalue weighted by atomic mass is 32.2. The summed E-state index contributed by atoms with van der Waals surface area (Å²) in [6.45, 7) is 1.75. The average Bonchev–Trinajstić information content (AvgIpc) is 3.17. The van der Waals surface area contributed by atoms with Crippen LogP contribution in [0.2, 0.25) is 0 Å². The number of thioether (sulfide) groups is 1. The average molecular weight is 417 g/mol. The molecule has 2 aromatic carbocycles. The number of benzene rings is 2. The van der Waals surface area contributed by atoms with Crippen molar-refractivity contribution < 1.29 is 9.32 Å². The van der Waals surface area contributed by atoms with E-state index < -0.39 is 0 Å². The van der Waals surface area contributed by atoms with E-state index in [1.807, 2.05) is 0 Å². The van der Waals surface area contributed by atoms with E-state index >= 15 is 0 Å². The molecule has 0 spiro atoms. The number of carbonyl (C=O) groups is 1. The highest BCUT2D eigenvalue weighted by Gasteiger charge is 2.15. The molecule has 4 aromatic rings. The van der Waals surface area contributed by atoms with Gasteiger partial charge in [-0.15, -0.1) is 0 Å². The van der Waals surface area contributed by atoms with Crippen molar-refractivity contribution in [1.29, 1.82) is 5.26 Å². The minimum atomic E-state index is -0.315. The molecule has 0 fully saturated rings. The molecule has 0 aliphatic carbocycles. The van der Waals surface area contributed by atoms with Crippen LogP contribution >= 0.6 is 11.8 Å². The van der Waals surface area contributed by atoms with Gasteiger partial charge in [-0.2, -0.15) is 5.26 Å². The molecular weight excluding hydrogens is 402 g/mol. The lowest BCUT2D eigenvalue weighted by Crippen LogP contribution is -2.23. The fourth-order valence-electron chi connectivity index (χ4n) is 2.85. The Morgan fingerprint density at radius 1 is 1.23 bits per heavy atom. The normalized spacial score (nSPS) is 10.7. The van der Waals surface area contributed by atoms with Gasteiger partial charge in [0.25, 0.3) is 5.56 Å². The summed E-state index contributed by atoms with van der Waals surface area (Å²) in [6, 6.07) is 17.3. The highest BCUT2D eigenvalue weighted by Crippen LogP contribution is 2.22. The van der Waals surface area contributed by atoms with Gasteiger partial charge in [-0.3, -0.25) is 19.5 Å². The van der Waals surface area contributed by atoms with E-state index in [0.29, 0.717) is 33.0 Å². The van der Waals surface area contributed by atoms with Crippen LogP contribution in [0.5, 0.6) is 0 Å². The van der Waals surface area contributed by atoms with Crippen molar-refractivity contribution in [3.63, 3.8) is 0 Å². The number of fused-ring (bicyclic) bond motifs is 1. The number of anilines is 1. The fourth-order valence-corrected chi connectivity index (χ4v) is 3.66. The number of nitriles is 1. The van der Waals surface area contributed by atoms with Crippen molar-refractivity contribution in [2.45, 2.75) is 12.1 Å². The molecule has 148 valence electrons. The van der Waals surface area contributed by atoms with Crippen molar-refractivity contribution in [2.75, 3.05) is 11.1 Å². The SMILES string of the molecule is Cc1cc(NC(=O)CSc2nc3ccccc3c(=O)n2-c2ccc(C#N)cc2)on1. The summed E-state index contributed by atoms with van der Waals surface area (Å²) in [5, 5.41) is 16.2. The largest absolute Gasteiger partial charge is 0.338 e. The van der Waals surface area contributed by atoms with E-state index in [-0.39, 0.29) is 23.1 Å². The summed E-state index contributed by atoms with van der Waals surface area (Å²) in [6.07, 6.45) is 0. The first kappa shape index (κ1) is 19.4. The van der Waals surface area contributed by atoms with Gasteiger partial charge in [0, 0.05) is 6.07 Å². The molecule has 1 N–H and O–H groups in total. The Balaban J connectivity index is 1.69. The van der Waals surface area contributed by atoms with Gasteiger partial charge in [0.2, 0.25) is 11.8 Å². The number of carbonyl (C=O) groups excluding carboxylic acids is 1. The third kappa shape index (κ3) is 3.94. The molecule has 9 heteroatoms. The molecule has 0 bridgehead atoms. The second kappa shape index (κ2) is 8.23. The summed E-state index contributed by atoms with van der Waals surface area (Å²) in [5.74, 6) is -0.0418. The molecule has 2 heterocycles. The Bertz CT molecular complexity index is 1340. The van der Waals surface area contributed by atoms with Gasteiger partial charge < -0.3 is 4.52 Å². The summed E-state index contributed by atoms with van der Waals surface area (Å²) in [7, 11) is 0. The molecule has 0 saturated carbocycles. The predicted octanol–water partition coefficient (Wildman–Crippen LogP) is 3.28. The smallest absolute Gasteiger partial charge is 0.266 e. The van der Waals surface area contributed by atoms with Crippen LogP contribution in [0.3, 0.4) is 0 Å². The number of amides is 1. The zero-order chi connectivity index (χ0) is 21.1. The number of nitrogens with one attached hydrogen (secondary N) is 1. The van der Waals surface area contributed by atoms with E-state index in [1.165, 1.54) is 4.57 Å². The van der Waals surface area contributed by atoms with Crippen molar-refractivity contribution in [2.24, 2.45) is 0 Å². The minimum Gasteiger partial charge on any atom is -0.338 e. The molecule has 1 amide bonds. The topological polar surface area (TPSA) is 114 Å². The molecule has 0 saturated heterocycles. The second-order valence-electron chi connectivity index (χ2n) is 6.38. The minimum absolute atomic E-state index is 0.0147. The Hall–Kier alpha value is -3.90. The Kier molecular flexibility index (Phi) is 5.32. The van der Waals surface area contributed by atoms with Gasteiger partial charge >= 0.3 is 0 Å². The van der Waals surface area contributed by atoms with E-state index in [1.54, 1.807) is 61.5 Å². The molecule has 0 unspecified atom stereocenters. The van der Waals surface area contributed by atoms with Gasteiger partial charge in [-0.25, -0.2) is 4.98 Å². The third-order valence-corrected chi connectivity index (χ3v) is 5.16. The lowest BCUT2D eigenvalue weighted by atomic mass is 10.2. The molecule has 4 rings (SSSR count). The van der Waals surface area contributed by atoms with Crippen LogP contribution in [0.15, 0.2) is 69.1 Å². The number of nitrogens with zero attached hydrogens (tertiary/aromatic N) is 4. The maximum absolute atomic E-state index is 13.2. The Morgan fingerprint density at radius 3 is 2.70 bits per heavy atom. The van der Waals surface area contributed by atoms with E-state index in [0.717, 1.165) is 11.8 Å². The summed E-state index contributed by atoms with van der Waals surface area (Å²) >= 11 is 1.13. The first-order valence-corrected chi connectivity index (χ1v) is 9.92. The van der Waals surface area contributed by atoms with Crippen molar-refractivity contribution in [1.82, 2.24) is 14.7 Å². The lowest BCUT2D eigenvalue weighted by Gasteiger charge is -2.13. The monoisotopic (exact) mass is 417 g/mol. The van der Waals surface area contributed by atoms with Crippen molar-refractivity contribution in [3.05, 3.63) is 76.2 Å². The third-order valence-electron chi connectivity index (χ3n) is 4.22. The van der Waals surface area contributed by atoms with Crippen molar-refractivity contribution >= 4 is 34.5 Å². The molecule has 0 aliphatic rings. The molecule has 8 nitrogen and oxygen atoms in total. The van der Waals surface area contributed by atoms with E-state index in [4.69, 9.17) is 9.78 Å². The molecule has 0 aliphatic heterocycles. The maximum atomic E-state index is 13.2. The van der Waals surface area contributed by atoms with Gasteiger partial charge in [0.15, 0.2) is 5.16 Å². The first-order valence-electron chi connectivity index (χ1n) is 8.93. The van der Waals surface area contributed by atoms with Crippen LogP contribution in [-0.2, 0) is 4.79 Å². The molecule has 0 radical (unpaired) electrons. The molecular formula is C21H15N5O3S. The first-order chi connectivity index (χ1) is 14.5. The van der Waals surface area contributed by atoms with Crippen LogP contribution in [-0.4, -0.2) is 26.4 Å². The van der Waals surface area contributed by atoms with Gasteiger partial charge in [0.05, 0.1) is 39.7 Å². The van der Waals surface area contributed by atoms with Crippen LogP contribution in [0, 0.1) is 18.3 Å². The van der Waals surface area contributed by atoms with Gasteiger partial charge in [-0.05, 0) is 43.3 Å². The number of aromatic nitrogens is 3. The quantitative estimate of drug-likeness (QED) is 0.391. The van der Waals surface area contributed by atoms with Crippen molar-refractivity contribution in [3.8, 4) is 11.8 Å². The van der Waals surface area contributed by atoms with E-state index in [2.05, 4.69) is 21.5 Å². The number of para-hydroxylation sites is 1. The maximum Gasteiger partial charge on any atom is 0.266 e. The molecule has 2 aromatic heterocycles. The number of hydrogen-bond acceptors (Lipinski definition) is 7. The Labute approximate surface area is 175 Å². The predicted molar refractivity (Wildman–Crippen MR) is 113 cm³/mol. The zero-order valence-corrected chi connectivity index (χ0v) is 16.6. The Morgan fingerprint density at radius 2 is 2.00 bits per heavy atom. The van der Waals surface area contributed by atoms with Gasteiger partial charge in [0.1, 0.15) is 0 Å². The number of aryl methyl sites for hydroxylation is 1. The van der Waals surface area contributed by atoms with Crippen LogP contribution in [0.25, 0.3) is 16.6 Å². The van der Waals surface area contributed by atoms with Crippen LogP contribution in [0.4, 0.5) is 5.88 Å². The molecule has 0 atom stereocenters. The summed E-state index contributed by atoms with van der Waals surface area (Å²) < 4.78 is 6.43. The second-order valence-corrected chi connectivity index (χ2v) is 7.32. The molecule has 30 heavy (non-hydrogen) atoms. The van der Waals surface area contributed by atoms with Crippen LogP contribution < -0.4 is 10.9 Å². The number of hydrogen-bond donors (Lipinski definition) is 1. The lowest BCUT2D eigenvalue weighted by molar-refractivity contribution is -0.113. The summed E-state index contributed by atoms with van der Waals surface area (Å²) in [4.78, 5) is 30.1. The van der Waals surface area contributed by atoms with E-state index in [9.17, 15) is 9.59 Å². The standard InChI is InChI=1S/C21H15N5O3S/c1-13-10-19(29-25-13)24-18(27)12-30-21-23-17-5-3-2-4-16(17)20(28)26(21)15-8-6-14(11-22)7-9-15/h2-10H,12H2,1H3,(H,24,27). The number of rotatable bonds is 5. The summed E-state index contributed by atoms with van der Waals surface area (Å²) in [5.41, 5.74) is 1.99.